The minimum absolute atomic E-state index is 0.0680. The molecule has 1 amide bonds. The van der Waals surface area contributed by atoms with Gasteiger partial charge >= 0.3 is 0 Å². The van der Waals surface area contributed by atoms with Crippen LogP contribution in [0.5, 0.6) is 0 Å². The first-order valence-corrected chi connectivity index (χ1v) is 16.0. The lowest BCUT2D eigenvalue weighted by atomic mass is 10.0. The number of rotatable bonds is 14. The summed E-state index contributed by atoms with van der Waals surface area (Å²) in [5.41, 5.74) is 6.90. The summed E-state index contributed by atoms with van der Waals surface area (Å²) in [4.78, 5) is 24.7. The van der Waals surface area contributed by atoms with Crippen molar-refractivity contribution in [1.29, 1.82) is 0 Å². The van der Waals surface area contributed by atoms with Gasteiger partial charge in [0.1, 0.15) is 11.5 Å². The number of nitrogens with one attached hydrogen (secondary N) is 2. The number of carbonyl (C=O) groups is 1. The highest BCUT2D eigenvalue weighted by molar-refractivity contribution is 7.99. The number of halogens is 1. The lowest BCUT2D eigenvalue weighted by Crippen LogP contribution is -2.30. The first kappa shape index (κ1) is 31.7. The van der Waals surface area contributed by atoms with Crippen molar-refractivity contribution < 1.29 is 22.5 Å². The first-order chi connectivity index (χ1) is 20.7. The lowest BCUT2D eigenvalue weighted by molar-refractivity contribution is -0.384. The molecule has 0 heterocycles. The largest absolute Gasteiger partial charge is 0.376 e. The van der Waals surface area contributed by atoms with E-state index in [1.807, 2.05) is 35.1 Å². The van der Waals surface area contributed by atoms with Crippen molar-refractivity contribution in [3.05, 3.63) is 119 Å². The first-order valence-electron chi connectivity index (χ1n) is 13.5. The van der Waals surface area contributed by atoms with E-state index in [1.54, 1.807) is 36.0 Å². The van der Waals surface area contributed by atoms with Crippen LogP contribution < -0.4 is 15.8 Å². The molecule has 4 aromatic rings. The van der Waals surface area contributed by atoms with Crippen LogP contribution >= 0.6 is 11.8 Å². The number of nitrogens with two attached hydrogens (primary N) is 1. The number of sulfonamides is 1. The van der Waals surface area contributed by atoms with Crippen molar-refractivity contribution in [3.8, 4) is 11.1 Å². The number of benzene rings is 4. The van der Waals surface area contributed by atoms with Crippen molar-refractivity contribution in [2.45, 2.75) is 35.1 Å². The maximum Gasteiger partial charge on any atom is 0.293 e. The lowest BCUT2D eigenvalue weighted by Gasteiger charge is -2.20. The number of anilines is 1. The van der Waals surface area contributed by atoms with Gasteiger partial charge in [0, 0.05) is 28.3 Å². The Labute approximate surface area is 253 Å². The Morgan fingerprint density at radius 2 is 1.58 bits per heavy atom. The average molecular weight is 623 g/mol. The fourth-order valence-corrected chi connectivity index (χ4v) is 6.30. The van der Waals surface area contributed by atoms with E-state index in [9.17, 15) is 27.7 Å². The van der Waals surface area contributed by atoms with E-state index in [0.29, 0.717) is 24.3 Å². The van der Waals surface area contributed by atoms with E-state index in [-0.39, 0.29) is 23.1 Å². The van der Waals surface area contributed by atoms with Gasteiger partial charge in [0.05, 0.1) is 9.82 Å². The van der Waals surface area contributed by atoms with Crippen LogP contribution in [0.25, 0.3) is 11.1 Å². The molecule has 0 aliphatic rings. The topological polar surface area (TPSA) is 144 Å². The minimum atomic E-state index is -4.43. The molecule has 0 radical (unpaired) electrons. The fraction of sp³-hybridized carbons (Fsp3) is 0.194. The third-order valence-electron chi connectivity index (χ3n) is 6.59. The van der Waals surface area contributed by atoms with Gasteiger partial charge in [0.25, 0.3) is 21.6 Å². The Kier molecular flexibility index (Phi) is 10.9. The molecule has 0 aromatic heterocycles. The molecule has 224 valence electrons. The zero-order valence-electron chi connectivity index (χ0n) is 23.1. The summed E-state index contributed by atoms with van der Waals surface area (Å²) in [7, 11) is -4.43. The number of amides is 1. The second kappa shape index (κ2) is 14.8. The Balaban J connectivity index is 1.49. The zero-order valence-corrected chi connectivity index (χ0v) is 24.7. The van der Waals surface area contributed by atoms with Crippen molar-refractivity contribution in [1.82, 2.24) is 4.72 Å². The third kappa shape index (κ3) is 8.87. The SMILES string of the molecule is NCCCCC(CSc1ccccc1)Nc1ccc(S(=O)(=O)NC(=O)c2ccc(-c3ccc(F)cc3)cc2)cc1[N+](=O)[O-]. The second-order valence-electron chi connectivity index (χ2n) is 9.70. The molecule has 0 spiro atoms. The van der Waals surface area contributed by atoms with Crippen molar-refractivity contribution in [2.24, 2.45) is 5.73 Å². The molecular formula is C31H31FN4O5S2. The number of nitrogens with zero attached hydrogens (tertiary/aromatic N) is 1. The van der Waals surface area contributed by atoms with E-state index < -0.39 is 31.4 Å². The smallest absolute Gasteiger partial charge is 0.293 e. The molecule has 4 aromatic carbocycles. The Morgan fingerprint density at radius 3 is 2.21 bits per heavy atom. The highest BCUT2D eigenvalue weighted by atomic mass is 32.2. The van der Waals surface area contributed by atoms with E-state index >= 15 is 0 Å². The highest BCUT2D eigenvalue weighted by Crippen LogP contribution is 2.30. The van der Waals surface area contributed by atoms with Gasteiger partial charge in [-0.15, -0.1) is 11.8 Å². The maximum absolute atomic E-state index is 13.2. The van der Waals surface area contributed by atoms with Crippen molar-refractivity contribution in [2.75, 3.05) is 17.6 Å². The van der Waals surface area contributed by atoms with Gasteiger partial charge in [-0.25, -0.2) is 17.5 Å². The predicted molar refractivity (Wildman–Crippen MR) is 167 cm³/mol. The van der Waals surface area contributed by atoms with Crippen molar-refractivity contribution in [3.63, 3.8) is 0 Å². The van der Waals surface area contributed by atoms with Crippen LogP contribution in [0.4, 0.5) is 15.8 Å². The van der Waals surface area contributed by atoms with Gasteiger partial charge in [0.15, 0.2) is 0 Å². The van der Waals surface area contributed by atoms with Crippen LogP contribution in [-0.2, 0) is 10.0 Å². The van der Waals surface area contributed by atoms with E-state index in [0.717, 1.165) is 29.4 Å². The zero-order chi connectivity index (χ0) is 30.8. The van der Waals surface area contributed by atoms with Gasteiger partial charge in [-0.1, -0.05) is 48.9 Å². The summed E-state index contributed by atoms with van der Waals surface area (Å²) in [5.74, 6) is -0.645. The molecule has 0 fully saturated rings. The minimum Gasteiger partial charge on any atom is -0.376 e. The average Bonchev–Trinajstić information content (AvgIpc) is 3.00. The summed E-state index contributed by atoms with van der Waals surface area (Å²) >= 11 is 1.61. The predicted octanol–water partition coefficient (Wildman–Crippen LogP) is 6.22. The number of hydrogen-bond donors (Lipinski definition) is 3. The molecule has 0 aliphatic heterocycles. The normalized spacial score (nSPS) is 12.0. The number of nitro groups is 1. The van der Waals surface area contributed by atoms with Crippen LogP contribution in [0.1, 0.15) is 29.6 Å². The molecule has 1 unspecified atom stereocenters. The number of unbranched alkanes of at least 4 members (excludes halogenated alkanes) is 1. The van der Waals surface area contributed by atoms with Gasteiger partial charge in [-0.05, 0) is 79.0 Å². The Bertz CT molecular complexity index is 1650. The van der Waals surface area contributed by atoms with Crippen LogP contribution in [-0.4, -0.2) is 37.6 Å². The highest BCUT2D eigenvalue weighted by Gasteiger charge is 2.25. The van der Waals surface area contributed by atoms with Gasteiger partial charge in [0.2, 0.25) is 0 Å². The molecule has 0 saturated heterocycles. The second-order valence-corrected chi connectivity index (χ2v) is 12.5. The summed E-state index contributed by atoms with van der Waals surface area (Å²) in [6, 6.07) is 25.0. The Hall–Kier alpha value is -4.26. The van der Waals surface area contributed by atoms with E-state index in [1.165, 1.54) is 36.4 Å². The standard InChI is InChI=1S/C31H31FN4O5S2/c32-25-15-13-23(14-16-25)22-9-11-24(12-10-22)31(37)35-43(40,41)28-17-18-29(30(20-28)36(38)39)34-26(6-4-5-19-33)21-42-27-7-2-1-3-8-27/h1-3,7-18,20,26,34H,4-6,19,21,33H2,(H,35,37). The number of hydrogen-bond acceptors (Lipinski definition) is 8. The third-order valence-corrected chi connectivity index (χ3v) is 9.09. The summed E-state index contributed by atoms with van der Waals surface area (Å²) < 4.78 is 41.3. The molecule has 43 heavy (non-hydrogen) atoms. The van der Waals surface area contributed by atoms with Crippen molar-refractivity contribution >= 4 is 39.1 Å². The summed E-state index contributed by atoms with van der Waals surface area (Å²) in [5, 5.41) is 15.2. The number of carbonyl (C=O) groups excluding carboxylic acids is 1. The quantitative estimate of drug-likeness (QED) is 0.0651. The number of thioether (sulfide) groups is 1. The molecule has 4 N–H and O–H groups in total. The van der Waals surface area contributed by atoms with Crippen LogP contribution in [0.15, 0.2) is 107 Å². The van der Waals surface area contributed by atoms with Crippen LogP contribution in [0.3, 0.4) is 0 Å². The van der Waals surface area contributed by atoms with Gasteiger partial charge in [-0.2, -0.15) is 0 Å². The molecule has 1 atom stereocenters. The monoisotopic (exact) mass is 622 g/mol. The van der Waals surface area contributed by atoms with E-state index in [2.05, 4.69) is 5.32 Å². The van der Waals surface area contributed by atoms with Gasteiger partial charge < -0.3 is 11.1 Å². The van der Waals surface area contributed by atoms with Gasteiger partial charge in [-0.3, -0.25) is 14.9 Å². The fourth-order valence-electron chi connectivity index (χ4n) is 4.31. The molecule has 12 heteroatoms. The molecule has 0 saturated carbocycles. The number of nitro benzene ring substituents is 1. The molecule has 4 rings (SSSR count). The summed E-state index contributed by atoms with van der Waals surface area (Å²) in [6.45, 7) is 0.537. The molecule has 9 nitrogen and oxygen atoms in total. The molecular weight excluding hydrogens is 591 g/mol. The van der Waals surface area contributed by atoms with Crippen LogP contribution in [0.2, 0.25) is 0 Å². The Morgan fingerprint density at radius 1 is 0.930 bits per heavy atom. The van der Waals surface area contributed by atoms with E-state index in [4.69, 9.17) is 5.73 Å². The molecule has 0 bridgehead atoms. The van der Waals surface area contributed by atoms with Crippen LogP contribution in [0, 0.1) is 15.9 Å². The summed E-state index contributed by atoms with van der Waals surface area (Å²) in [6.07, 6.45) is 2.34. The maximum atomic E-state index is 13.2. The molecule has 0 aliphatic carbocycles.